The minimum Gasteiger partial charge on any atom is -0.373 e. The smallest absolute Gasteiger partial charge is 0.132 e. The summed E-state index contributed by atoms with van der Waals surface area (Å²) in [6.45, 7) is 2.15. The number of nitrogens with zero attached hydrogens (tertiary/aromatic N) is 4. The molecule has 0 aromatic carbocycles. The Morgan fingerprint density at radius 2 is 2.18 bits per heavy atom. The van der Waals surface area contributed by atoms with Crippen LogP contribution in [-0.2, 0) is 13.5 Å². The van der Waals surface area contributed by atoms with Gasteiger partial charge < -0.3 is 5.32 Å². The molecule has 0 saturated carbocycles. The van der Waals surface area contributed by atoms with Crippen molar-refractivity contribution >= 4 is 5.82 Å². The maximum Gasteiger partial charge on any atom is 0.132 e. The summed E-state index contributed by atoms with van der Waals surface area (Å²) in [5.74, 6) is 0.903. The molecule has 90 valence electrons. The molecule has 1 N–H and O–H groups in total. The van der Waals surface area contributed by atoms with Gasteiger partial charge in [0, 0.05) is 31.4 Å². The Kier molecular flexibility index (Phi) is 3.37. The predicted molar refractivity (Wildman–Crippen MR) is 67.8 cm³/mol. The maximum atomic E-state index is 4.39. The summed E-state index contributed by atoms with van der Waals surface area (Å²) in [6.07, 6.45) is 7.42. The summed E-state index contributed by atoms with van der Waals surface area (Å²) in [4.78, 5) is 8.64. The lowest BCUT2D eigenvalue weighted by Gasteiger charge is -2.10. The van der Waals surface area contributed by atoms with Crippen LogP contribution >= 0.6 is 0 Å². The number of rotatable bonds is 4. The van der Waals surface area contributed by atoms with E-state index in [4.69, 9.17) is 0 Å². The number of aromatic nitrogens is 4. The van der Waals surface area contributed by atoms with Crippen molar-refractivity contribution in [3.63, 3.8) is 0 Å². The molecule has 0 fully saturated rings. The van der Waals surface area contributed by atoms with E-state index in [0.29, 0.717) is 0 Å². The normalized spacial score (nSPS) is 10.5. The second kappa shape index (κ2) is 4.95. The van der Waals surface area contributed by atoms with Crippen LogP contribution in [0.25, 0.3) is 11.3 Å². The lowest BCUT2D eigenvalue weighted by Crippen LogP contribution is -2.02. The van der Waals surface area contributed by atoms with Gasteiger partial charge in [-0.2, -0.15) is 5.10 Å². The molecule has 0 radical (unpaired) electrons. The summed E-state index contributed by atoms with van der Waals surface area (Å²) < 4.78 is 1.78. The zero-order chi connectivity index (χ0) is 12.3. The van der Waals surface area contributed by atoms with E-state index in [2.05, 4.69) is 27.3 Å². The van der Waals surface area contributed by atoms with Gasteiger partial charge in [0.05, 0.1) is 11.9 Å². The first kappa shape index (κ1) is 11.6. The Bertz CT molecular complexity index is 503. The monoisotopic (exact) mass is 231 g/mol. The Balaban J connectivity index is 2.52. The van der Waals surface area contributed by atoms with Gasteiger partial charge in [0.1, 0.15) is 12.1 Å². The fourth-order valence-electron chi connectivity index (χ4n) is 1.91. The second-order valence-electron chi connectivity index (χ2n) is 3.95. The lowest BCUT2D eigenvalue weighted by atomic mass is 10.1. The Morgan fingerprint density at radius 1 is 1.35 bits per heavy atom. The summed E-state index contributed by atoms with van der Waals surface area (Å²) in [5, 5.41) is 7.30. The molecule has 0 atom stereocenters. The zero-order valence-electron chi connectivity index (χ0n) is 10.4. The SMILES string of the molecule is CCCc1c(NC)ncnc1-c1cnn(C)c1. The predicted octanol–water partition coefficient (Wildman–Crippen LogP) is 1.87. The van der Waals surface area contributed by atoms with E-state index < -0.39 is 0 Å². The largest absolute Gasteiger partial charge is 0.373 e. The molecule has 2 aromatic heterocycles. The summed E-state index contributed by atoms with van der Waals surface area (Å²) in [6, 6.07) is 0. The van der Waals surface area contributed by atoms with E-state index in [1.165, 1.54) is 0 Å². The van der Waals surface area contributed by atoms with Gasteiger partial charge in [0.2, 0.25) is 0 Å². The topological polar surface area (TPSA) is 55.6 Å². The molecule has 0 aliphatic carbocycles. The standard InChI is InChI=1S/C12H17N5/c1-4-5-10-11(9-6-16-17(3)7-9)14-8-15-12(10)13-2/h6-8H,4-5H2,1-3H3,(H,13,14,15). The molecule has 5 heteroatoms. The number of aryl methyl sites for hydroxylation is 1. The second-order valence-corrected chi connectivity index (χ2v) is 3.95. The van der Waals surface area contributed by atoms with Crippen molar-refractivity contribution in [1.82, 2.24) is 19.7 Å². The first-order valence-electron chi connectivity index (χ1n) is 5.77. The van der Waals surface area contributed by atoms with Gasteiger partial charge in [-0.15, -0.1) is 0 Å². The van der Waals surface area contributed by atoms with Crippen LogP contribution in [0.1, 0.15) is 18.9 Å². The van der Waals surface area contributed by atoms with E-state index in [0.717, 1.165) is 35.5 Å². The van der Waals surface area contributed by atoms with Crippen LogP contribution < -0.4 is 5.32 Å². The van der Waals surface area contributed by atoms with Crippen molar-refractivity contribution in [1.29, 1.82) is 0 Å². The third-order valence-corrected chi connectivity index (χ3v) is 2.66. The van der Waals surface area contributed by atoms with Crippen molar-refractivity contribution in [2.75, 3.05) is 12.4 Å². The molecule has 0 saturated heterocycles. The van der Waals surface area contributed by atoms with Crippen molar-refractivity contribution in [3.8, 4) is 11.3 Å². The lowest BCUT2D eigenvalue weighted by molar-refractivity contribution is 0.768. The van der Waals surface area contributed by atoms with Crippen molar-refractivity contribution in [2.45, 2.75) is 19.8 Å². The molecular formula is C12H17N5. The summed E-state index contributed by atoms with van der Waals surface area (Å²) >= 11 is 0. The molecule has 5 nitrogen and oxygen atoms in total. The highest BCUT2D eigenvalue weighted by atomic mass is 15.2. The van der Waals surface area contributed by atoms with Crippen molar-refractivity contribution in [2.24, 2.45) is 7.05 Å². The van der Waals surface area contributed by atoms with Crippen molar-refractivity contribution < 1.29 is 0 Å². The van der Waals surface area contributed by atoms with Crippen LogP contribution in [0.2, 0.25) is 0 Å². The molecule has 2 rings (SSSR count). The molecule has 0 spiro atoms. The fourth-order valence-corrected chi connectivity index (χ4v) is 1.91. The number of hydrogen-bond donors (Lipinski definition) is 1. The number of anilines is 1. The molecule has 0 aliphatic heterocycles. The fraction of sp³-hybridized carbons (Fsp3) is 0.417. The van der Waals surface area contributed by atoms with Gasteiger partial charge in [-0.05, 0) is 6.42 Å². The Hall–Kier alpha value is -1.91. The third kappa shape index (κ3) is 2.27. The van der Waals surface area contributed by atoms with Crippen LogP contribution in [0.4, 0.5) is 5.82 Å². The third-order valence-electron chi connectivity index (χ3n) is 2.66. The molecule has 0 unspecified atom stereocenters. The van der Waals surface area contributed by atoms with Crippen LogP contribution in [0.3, 0.4) is 0 Å². The number of hydrogen-bond acceptors (Lipinski definition) is 4. The van der Waals surface area contributed by atoms with Crippen LogP contribution in [0.5, 0.6) is 0 Å². The van der Waals surface area contributed by atoms with Crippen LogP contribution in [0, 0.1) is 0 Å². The highest BCUT2D eigenvalue weighted by Crippen LogP contribution is 2.26. The Labute approximate surface area is 101 Å². The van der Waals surface area contributed by atoms with Gasteiger partial charge in [0.15, 0.2) is 0 Å². The maximum absolute atomic E-state index is 4.39. The first-order chi connectivity index (χ1) is 8.26. The average molecular weight is 231 g/mol. The van der Waals surface area contributed by atoms with E-state index in [9.17, 15) is 0 Å². The summed E-state index contributed by atoms with van der Waals surface area (Å²) in [7, 11) is 3.79. The molecule has 2 heterocycles. The molecule has 2 aromatic rings. The van der Waals surface area contributed by atoms with Gasteiger partial charge in [0.25, 0.3) is 0 Å². The van der Waals surface area contributed by atoms with E-state index in [1.807, 2.05) is 26.5 Å². The van der Waals surface area contributed by atoms with E-state index in [-0.39, 0.29) is 0 Å². The van der Waals surface area contributed by atoms with Gasteiger partial charge in [-0.3, -0.25) is 4.68 Å². The van der Waals surface area contributed by atoms with Gasteiger partial charge in [-0.1, -0.05) is 13.3 Å². The summed E-state index contributed by atoms with van der Waals surface area (Å²) in [5.41, 5.74) is 3.17. The number of nitrogens with one attached hydrogen (secondary N) is 1. The minimum absolute atomic E-state index is 0.903. The van der Waals surface area contributed by atoms with Crippen LogP contribution in [0.15, 0.2) is 18.7 Å². The molecule has 0 amide bonds. The molecule has 17 heavy (non-hydrogen) atoms. The van der Waals surface area contributed by atoms with E-state index >= 15 is 0 Å². The molecule has 0 bridgehead atoms. The van der Waals surface area contributed by atoms with E-state index in [1.54, 1.807) is 11.0 Å². The highest BCUT2D eigenvalue weighted by Gasteiger charge is 2.12. The van der Waals surface area contributed by atoms with Crippen LogP contribution in [-0.4, -0.2) is 26.8 Å². The molecular weight excluding hydrogens is 214 g/mol. The van der Waals surface area contributed by atoms with Crippen molar-refractivity contribution in [3.05, 3.63) is 24.3 Å². The zero-order valence-corrected chi connectivity index (χ0v) is 10.4. The minimum atomic E-state index is 0.903. The Morgan fingerprint density at radius 3 is 2.76 bits per heavy atom. The van der Waals surface area contributed by atoms with Gasteiger partial charge >= 0.3 is 0 Å². The highest BCUT2D eigenvalue weighted by molar-refractivity contribution is 5.67. The van der Waals surface area contributed by atoms with Gasteiger partial charge in [-0.25, -0.2) is 9.97 Å². The quantitative estimate of drug-likeness (QED) is 0.872. The molecule has 0 aliphatic rings. The first-order valence-corrected chi connectivity index (χ1v) is 5.77. The average Bonchev–Trinajstić information content (AvgIpc) is 2.76.